The van der Waals surface area contributed by atoms with Crippen molar-refractivity contribution in [3.63, 3.8) is 0 Å². The molecular formula is C23H26N2OS. The third kappa shape index (κ3) is 4.75. The molecule has 1 aliphatic rings. The number of piperidine rings is 1. The van der Waals surface area contributed by atoms with E-state index in [4.69, 9.17) is 0 Å². The molecule has 0 aliphatic carbocycles. The molecule has 1 saturated heterocycles. The van der Waals surface area contributed by atoms with Crippen LogP contribution >= 0.6 is 11.3 Å². The van der Waals surface area contributed by atoms with Crippen molar-refractivity contribution in [2.24, 2.45) is 5.92 Å². The van der Waals surface area contributed by atoms with Gasteiger partial charge in [-0.2, -0.15) is 0 Å². The predicted molar refractivity (Wildman–Crippen MR) is 112 cm³/mol. The van der Waals surface area contributed by atoms with Crippen LogP contribution in [0.15, 0.2) is 54.6 Å². The van der Waals surface area contributed by atoms with E-state index in [1.807, 2.05) is 6.07 Å². The molecule has 0 N–H and O–H groups in total. The number of benzene rings is 2. The second-order valence-corrected chi connectivity index (χ2v) is 8.56. The Bertz CT molecular complexity index is 849. The van der Waals surface area contributed by atoms with Crippen LogP contribution in [0, 0.1) is 5.92 Å². The first-order valence-corrected chi connectivity index (χ1v) is 10.8. The molecule has 140 valence electrons. The summed E-state index contributed by atoms with van der Waals surface area (Å²) < 4.78 is 1.24. The largest absolute Gasteiger partial charge is 0.343 e. The van der Waals surface area contributed by atoms with Gasteiger partial charge >= 0.3 is 0 Å². The Morgan fingerprint density at radius 3 is 2.56 bits per heavy atom. The van der Waals surface area contributed by atoms with E-state index in [1.54, 1.807) is 11.3 Å². The number of carbonyl (C=O) groups is 1. The van der Waals surface area contributed by atoms with Crippen LogP contribution in [-0.4, -0.2) is 28.9 Å². The zero-order valence-electron chi connectivity index (χ0n) is 15.6. The van der Waals surface area contributed by atoms with Gasteiger partial charge in [-0.3, -0.25) is 4.79 Å². The van der Waals surface area contributed by atoms with Gasteiger partial charge in [0.15, 0.2) is 0 Å². The van der Waals surface area contributed by atoms with Crippen LogP contribution in [-0.2, 0) is 17.6 Å². The fourth-order valence-corrected chi connectivity index (χ4v) is 4.92. The molecule has 1 aliphatic heterocycles. The van der Waals surface area contributed by atoms with Crippen LogP contribution in [0.2, 0.25) is 0 Å². The van der Waals surface area contributed by atoms with Crippen LogP contribution in [0.25, 0.3) is 10.2 Å². The molecule has 0 saturated carbocycles. The summed E-state index contributed by atoms with van der Waals surface area (Å²) in [7, 11) is 0. The minimum absolute atomic E-state index is 0.314. The highest BCUT2D eigenvalue weighted by atomic mass is 32.1. The zero-order chi connectivity index (χ0) is 18.5. The normalized spacial score (nSPS) is 15.3. The van der Waals surface area contributed by atoms with Gasteiger partial charge in [-0.15, -0.1) is 11.3 Å². The maximum absolute atomic E-state index is 12.5. The average molecular weight is 379 g/mol. The molecule has 3 nitrogen and oxygen atoms in total. The number of aromatic nitrogens is 1. The van der Waals surface area contributed by atoms with Crippen LogP contribution in [0.3, 0.4) is 0 Å². The second-order valence-electron chi connectivity index (χ2n) is 7.44. The minimum Gasteiger partial charge on any atom is -0.343 e. The molecule has 3 aromatic rings. The number of hydrogen-bond donors (Lipinski definition) is 0. The fraction of sp³-hybridized carbons (Fsp3) is 0.391. The van der Waals surface area contributed by atoms with Gasteiger partial charge in [0.05, 0.1) is 15.2 Å². The first kappa shape index (κ1) is 18.2. The molecule has 0 bridgehead atoms. The molecule has 0 atom stereocenters. The van der Waals surface area contributed by atoms with Gasteiger partial charge in [0.1, 0.15) is 0 Å². The Morgan fingerprint density at radius 2 is 1.78 bits per heavy atom. The maximum atomic E-state index is 12.5. The quantitative estimate of drug-likeness (QED) is 0.598. The molecule has 4 heteroatoms. The summed E-state index contributed by atoms with van der Waals surface area (Å²) in [6.07, 6.45) is 5.81. The van der Waals surface area contributed by atoms with E-state index in [9.17, 15) is 4.79 Å². The van der Waals surface area contributed by atoms with Crippen molar-refractivity contribution >= 4 is 27.5 Å². The smallest absolute Gasteiger partial charge is 0.222 e. The summed E-state index contributed by atoms with van der Waals surface area (Å²) >= 11 is 1.75. The fourth-order valence-electron chi connectivity index (χ4n) is 3.91. The SMILES string of the molecule is O=C(CCCc1nc2ccccc2s1)N1CCC(Cc2ccccc2)CC1. The molecule has 1 amide bonds. The Kier molecular flexibility index (Phi) is 5.83. The summed E-state index contributed by atoms with van der Waals surface area (Å²) in [6, 6.07) is 18.9. The van der Waals surface area contributed by atoms with E-state index in [0.29, 0.717) is 18.2 Å². The van der Waals surface area contributed by atoms with Gasteiger partial charge in [0, 0.05) is 19.5 Å². The first-order valence-electron chi connectivity index (χ1n) is 9.94. The van der Waals surface area contributed by atoms with E-state index in [0.717, 1.165) is 55.7 Å². The number of hydrogen-bond acceptors (Lipinski definition) is 3. The molecule has 0 radical (unpaired) electrons. The Labute approximate surface area is 165 Å². The highest BCUT2D eigenvalue weighted by molar-refractivity contribution is 7.18. The topological polar surface area (TPSA) is 33.2 Å². The van der Waals surface area contributed by atoms with Gasteiger partial charge in [0.25, 0.3) is 0 Å². The van der Waals surface area contributed by atoms with Gasteiger partial charge < -0.3 is 4.90 Å². The van der Waals surface area contributed by atoms with Crippen molar-refractivity contribution < 1.29 is 4.79 Å². The van der Waals surface area contributed by atoms with Gasteiger partial charge in [-0.1, -0.05) is 42.5 Å². The molecule has 1 aromatic heterocycles. The molecule has 0 unspecified atom stereocenters. The molecule has 1 fully saturated rings. The summed E-state index contributed by atoms with van der Waals surface area (Å²) in [5.74, 6) is 1.02. The van der Waals surface area contributed by atoms with Crippen molar-refractivity contribution in [3.05, 3.63) is 65.2 Å². The first-order chi connectivity index (χ1) is 13.3. The number of fused-ring (bicyclic) bond motifs is 1. The molecule has 4 rings (SSSR count). The summed E-state index contributed by atoms with van der Waals surface area (Å²) in [4.78, 5) is 19.3. The number of likely N-dealkylation sites (tertiary alicyclic amines) is 1. The number of carbonyl (C=O) groups excluding carboxylic acids is 1. The lowest BCUT2D eigenvalue weighted by atomic mass is 9.90. The van der Waals surface area contributed by atoms with E-state index < -0.39 is 0 Å². The number of thiazole rings is 1. The van der Waals surface area contributed by atoms with E-state index in [-0.39, 0.29) is 0 Å². The Balaban J connectivity index is 1.20. The standard InChI is InChI=1S/C23H26N2OS/c26-23(12-6-11-22-24-20-9-4-5-10-21(20)27-22)25-15-13-19(14-16-25)17-18-7-2-1-3-8-18/h1-5,7-10,19H,6,11-17H2. The number of rotatable bonds is 6. The van der Waals surface area contributed by atoms with E-state index in [1.165, 1.54) is 10.3 Å². The molecule has 2 heterocycles. The van der Waals surface area contributed by atoms with Crippen molar-refractivity contribution in [1.82, 2.24) is 9.88 Å². The van der Waals surface area contributed by atoms with Crippen molar-refractivity contribution in [2.45, 2.75) is 38.5 Å². The number of aryl methyl sites for hydroxylation is 1. The van der Waals surface area contributed by atoms with Crippen molar-refractivity contribution in [2.75, 3.05) is 13.1 Å². The zero-order valence-corrected chi connectivity index (χ0v) is 16.5. The molecule has 2 aromatic carbocycles. The van der Waals surface area contributed by atoms with E-state index >= 15 is 0 Å². The minimum atomic E-state index is 0.314. The molecular weight excluding hydrogens is 352 g/mol. The third-order valence-corrected chi connectivity index (χ3v) is 6.55. The highest BCUT2D eigenvalue weighted by Gasteiger charge is 2.22. The average Bonchev–Trinajstić information content (AvgIpc) is 3.12. The number of nitrogens with zero attached hydrogens (tertiary/aromatic N) is 2. The summed E-state index contributed by atoms with van der Waals surface area (Å²) in [5, 5.41) is 1.14. The highest BCUT2D eigenvalue weighted by Crippen LogP contribution is 2.24. The van der Waals surface area contributed by atoms with Crippen LogP contribution in [0.4, 0.5) is 0 Å². The maximum Gasteiger partial charge on any atom is 0.222 e. The summed E-state index contributed by atoms with van der Waals surface area (Å²) in [6.45, 7) is 1.83. The Morgan fingerprint density at radius 1 is 1.04 bits per heavy atom. The van der Waals surface area contributed by atoms with E-state index in [2.05, 4.69) is 58.4 Å². The van der Waals surface area contributed by atoms with Gasteiger partial charge in [0.2, 0.25) is 5.91 Å². The van der Waals surface area contributed by atoms with Gasteiger partial charge in [-0.05, 0) is 55.7 Å². The van der Waals surface area contributed by atoms with Gasteiger partial charge in [-0.25, -0.2) is 4.98 Å². The molecule has 0 spiro atoms. The van der Waals surface area contributed by atoms with Crippen LogP contribution in [0.1, 0.15) is 36.3 Å². The van der Waals surface area contributed by atoms with Crippen LogP contribution in [0.5, 0.6) is 0 Å². The van der Waals surface area contributed by atoms with Crippen molar-refractivity contribution in [1.29, 1.82) is 0 Å². The Hall–Kier alpha value is -2.20. The van der Waals surface area contributed by atoms with Crippen LogP contribution < -0.4 is 0 Å². The number of para-hydroxylation sites is 1. The third-order valence-electron chi connectivity index (χ3n) is 5.45. The summed E-state index contributed by atoms with van der Waals surface area (Å²) in [5.41, 5.74) is 2.49. The lowest BCUT2D eigenvalue weighted by Gasteiger charge is -2.32. The second kappa shape index (κ2) is 8.66. The molecule has 27 heavy (non-hydrogen) atoms. The van der Waals surface area contributed by atoms with Crippen molar-refractivity contribution in [3.8, 4) is 0 Å². The predicted octanol–water partition coefficient (Wildman–Crippen LogP) is 5.10. The monoisotopic (exact) mass is 378 g/mol. The lowest BCUT2D eigenvalue weighted by molar-refractivity contribution is -0.132. The lowest BCUT2D eigenvalue weighted by Crippen LogP contribution is -2.38. The number of amides is 1.